The summed E-state index contributed by atoms with van der Waals surface area (Å²) in [6.45, 7) is 0. The third kappa shape index (κ3) is 5.33. The van der Waals surface area contributed by atoms with Crippen LogP contribution in [-0.4, -0.2) is 88.5 Å². The lowest BCUT2D eigenvalue weighted by Gasteiger charge is -2.50. The molecule has 5 atom stereocenters. The zero-order valence-electron chi connectivity index (χ0n) is 24.9. The molecule has 2 amide bonds. The van der Waals surface area contributed by atoms with Gasteiger partial charge in [-0.1, -0.05) is 34.1 Å². The number of aliphatic hydroxyl groups excluding tert-OH is 2. The number of hydrogen-bond acceptors (Lipinski definition) is 10. The Morgan fingerprint density at radius 2 is 1.67 bits per heavy atom. The van der Waals surface area contributed by atoms with Gasteiger partial charge in [-0.05, 0) is 62.2 Å². The molecule has 0 radical (unpaired) electrons. The highest BCUT2D eigenvalue weighted by atomic mass is 79.9. The summed E-state index contributed by atoms with van der Waals surface area (Å²) in [5.74, 6) is -7.84. The highest BCUT2D eigenvalue weighted by Crippen LogP contribution is 2.53. The van der Waals surface area contributed by atoms with Crippen molar-refractivity contribution >= 4 is 73.4 Å². The summed E-state index contributed by atoms with van der Waals surface area (Å²) < 4.78 is 0. The van der Waals surface area contributed by atoms with Crippen molar-refractivity contribution < 1.29 is 39.6 Å². The molecule has 240 valence electrons. The Labute approximate surface area is 278 Å². The molecule has 3 unspecified atom stereocenters. The van der Waals surface area contributed by atoms with E-state index in [-0.39, 0.29) is 46.6 Å². The summed E-state index contributed by atoms with van der Waals surface area (Å²) in [6, 6.07) is 9.23. The van der Waals surface area contributed by atoms with Crippen molar-refractivity contribution in [3.8, 4) is 5.75 Å². The molecule has 12 nitrogen and oxygen atoms in total. The average molecular weight is 750 g/mol. The smallest absolute Gasteiger partial charge is 0.255 e. The van der Waals surface area contributed by atoms with Gasteiger partial charge in [-0.15, -0.1) is 17.0 Å². The summed E-state index contributed by atoms with van der Waals surface area (Å²) in [5, 5.41) is 48.0. The van der Waals surface area contributed by atoms with Crippen LogP contribution in [0, 0.1) is 11.8 Å². The summed E-state index contributed by atoms with van der Waals surface area (Å²) in [4.78, 5) is 55.0. The van der Waals surface area contributed by atoms with Crippen molar-refractivity contribution in [1.29, 1.82) is 0 Å². The Balaban J connectivity index is 0.00000461. The standard InChI is InChI=1S/C31H33BrN4O8.BrH/c1-35(2)16-8-5-13(6-9-16)22(32)30(43)34-18-10-7-14-11-15-12-17-23(36(3)4)26(39)21(29(33)42)28(41)31(17,44)27(40)20(15)25(38)19(14)24(18)37;/h5-10,15,17,22-23,37-38,41,44H,11-12H2,1-4H3,(H2,33,42)(H,34,43);1H/t15?,17?,22?,23-,31-;/m0./s1. The first-order valence-electron chi connectivity index (χ1n) is 13.8. The largest absolute Gasteiger partial charge is 0.508 e. The van der Waals surface area contributed by atoms with Crippen molar-refractivity contribution in [2.45, 2.75) is 29.3 Å². The van der Waals surface area contributed by atoms with E-state index in [1.54, 1.807) is 18.2 Å². The van der Waals surface area contributed by atoms with Gasteiger partial charge in [0.25, 0.3) is 5.91 Å². The average Bonchev–Trinajstić information content (AvgIpc) is 2.95. The first kappa shape index (κ1) is 34.2. The van der Waals surface area contributed by atoms with Crippen LogP contribution in [0.5, 0.6) is 5.75 Å². The third-order valence-electron chi connectivity index (χ3n) is 8.78. The molecule has 7 N–H and O–H groups in total. The summed E-state index contributed by atoms with van der Waals surface area (Å²) in [6.07, 6.45) is 0.137. The van der Waals surface area contributed by atoms with E-state index in [0.717, 1.165) is 5.69 Å². The number of amides is 2. The van der Waals surface area contributed by atoms with E-state index >= 15 is 0 Å². The second kappa shape index (κ2) is 12.2. The van der Waals surface area contributed by atoms with Gasteiger partial charge in [0, 0.05) is 31.3 Å². The number of halogens is 2. The lowest BCUT2D eigenvalue weighted by atomic mass is 9.57. The summed E-state index contributed by atoms with van der Waals surface area (Å²) >= 11 is 3.39. The molecule has 0 aliphatic heterocycles. The number of rotatable bonds is 6. The SMILES string of the molecule is Br.CN(C)c1ccc(C(Br)C(=O)Nc2ccc3c(c2O)C(O)=C2C(=O)[C@]4(O)C(O)=C(C(N)=O)C(=O)[C@@H](N(C)C)C4CC2C3)cc1. The number of alkyl halides is 1. The first-order valence-corrected chi connectivity index (χ1v) is 14.7. The molecule has 3 aliphatic carbocycles. The Morgan fingerprint density at radius 1 is 1.04 bits per heavy atom. The molecule has 0 heterocycles. The molecule has 1 saturated carbocycles. The van der Waals surface area contributed by atoms with E-state index in [1.807, 2.05) is 31.1 Å². The number of aromatic hydroxyl groups is 1. The number of nitrogens with two attached hydrogens (primary N) is 1. The number of carbonyl (C=O) groups is 4. The van der Waals surface area contributed by atoms with E-state index < -0.39 is 74.5 Å². The second-order valence-electron chi connectivity index (χ2n) is 11.8. The van der Waals surface area contributed by atoms with E-state index in [9.17, 15) is 39.6 Å². The van der Waals surface area contributed by atoms with Gasteiger partial charge in [-0.25, -0.2) is 0 Å². The maximum atomic E-state index is 14.0. The highest BCUT2D eigenvalue weighted by molar-refractivity contribution is 9.09. The minimum Gasteiger partial charge on any atom is -0.508 e. The van der Waals surface area contributed by atoms with Crippen LogP contribution in [0.1, 0.15) is 27.9 Å². The molecule has 1 fully saturated rings. The van der Waals surface area contributed by atoms with Crippen LogP contribution < -0.4 is 16.0 Å². The third-order valence-corrected chi connectivity index (χ3v) is 9.73. The Kier molecular flexibility index (Phi) is 9.29. The number of benzene rings is 2. The lowest BCUT2D eigenvalue weighted by molar-refractivity contribution is -0.153. The van der Waals surface area contributed by atoms with Crippen molar-refractivity contribution in [1.82, 2.24) is 4.90 Å². The van der Waals surface area contributed by atoms with Gasteiger partial charge in [-0.3, -0.25) is 24.1 Å². The molecule has 3 aliphatic rings. The number of carbonyl (C=O) groups excluding carboxylic acids is 4. The van der Waals surface area contributed by atoms with Crippen LogP contribution in [-0.2, 0) is 25.6 Å². The van der Waals surface area contributed by atoms with Crippen molar-refractivity contribution in [3.05, 3.63) is 70.0 Å². The molecule has 5 rings (SSSR count). The number of Topliss-reactive ketones (excluding diaryl/α,β-unsaturated/α-hetero) is 2. The molecule has 0 spiro atoms. The fourth-order valence-corrected chi connectivity index (χ4v) is 7.03. The normalized spacial score (nSPS) is 24.7. The summed E-state index contributed by atoms with van der Waals surface area (Å²) in [7, 11) is 6.87. The highest BCUT2D eigenvalue weighted by Gasteiger charge is 2.64. The van der Waals surface area contributed by atoms with Gasteiger partial charge in [0.05, 0.1) is 17.3 Å². The Bertz CT molecular complexity index is 1670. The minimum absolute atomic E-state index is 0. The zero-order chi connectivity index (χ0) is 32.4. The molecular weight excluding hydrogens is 716 g/mol. The number of likely N-dealkylation sites (N-methyl/N-ethyl adjacent to an activating group) is 1. The number of phenols is 1. The number of primary amides is 1. The molecule has 14 heteroatoms. The fraction of sp³-hybridized carbons (Fsp3) is 0.355. The topological polar surface area (TPSA) is 194 Å². The molecule has 45 heavy (non-hydrogen) atoms. The van der Waals surface area contributed by atoms with Crippen molar-refractivity contribution in [2.24, 2.45) is 17.6 Å². The van der Waals surface area contributed by atoms with Crippen molar-refractivity contribution in [3.63, 3.8) is 0 Å². The van der Waals surface area contributed by atoms with E-state index in [1.165, 1.54) is 25.1 Å². The van der Waals surface area contributed by atoms with Crippen LogP contribution in [0.4, 0.5) is 11.4 Å². The second-order valence-corrected chi connectivity index (χ2v) is 12.7. The van der Waals surface area contributed by atoms with E-state index in [0.29, 0.717) is 11.1 Å². The first-order chi connectivity index (χ1) is 20.6. The molecule has 0 saturated heterocycles. The van der Waals surface area contributed by atoms with Crippen molar-refractivity contribution in [2.75, 3.05) is 38.4 Å². The maximum absolute atomic E-state index is 14.0. The Hall–Kier alpha value is -3.72. The number of anilines is 2. The van der Waals surface area contributed by atoms with Gasteiger partial charge in [0.2, 0.25) is 11.7 Å². The predicted molar refractivity (Wildman–Crippen MR) is 176 cm³/mol. The number of fused-ring (bicyclic) bond motifs is 3. The number of phenolic OH excluding ortho intramolecular Hbond substituents is 1. The molecule has 0 aromatic heterocycles. The van der Waals surface area contributed by atoms with Crippen LogP contribution in [0.2, 0.25) is 0 Å². The molecule has 2 aromatic rings. The Morgan fingerprint density at radius 3 is 2.22 bits per heavy atom. The minimum atomic E-state index is -2.72. The van der Waals surface area contributed by atoms with Gasteiger partial charge in [-0.2, -0.15) is 0 Å². The number of nitrogens with zero attached hydrogens (tertiary/aromatic N) is 2. The number of hydrogen-bond donors (Lipinski definition) is 6. The monoisotopic (exact) mass is 748 g/mol. The number of aliphatic hydroxyl groups is 3. The maximum Gasteiger partial charge on any atom is 0.255 e. The van der Waals surface area contributed by atoms with Gasteiger partial charge in [0.15, 0.2) is 11.4 Å². The molecule has 2 aromatic carbocycles. The zero-order valence-corrected chi connectivity index (χ0v) is 28.2. The number of ketones is 2. The lowest BCUT2D eigenvalue weighted by Crippen LogP contribution is -2.65. The predicted octanol–water partition coefficient (Wildman–Crippen LogP) is 2.68. The van der Waals surface area contributed by atoms with Gasteiger partial charge < -0.3 is 36.4 Å². The van der Waals surface area contributed by atoms with Crippen LogP contribution >= 0.6 is 32.9 Å². The van der Waals surface area contributed by atoms with Gasteiger partial charge >= 0.3 is 0 Å². The fourth-order valence-electron chi connectivity index (χ4n) is 6.61. The molecular formula is C31H34Br2N4O8. The number of nitrogens with one attached hydrogen (secondary N) is 1. The quantitative estimate of drug-likeness (QED) is 0.145. The molecule has 0 bridgehead atoms. The summed E-state index contributed by atoms with van der Waals surface area (Å²) in [5.41, 5.74) is 3.44. The van der Waals surface area contributed by atoms with Crippen LogP contribution in [0.25, 0.3) is 5.76 Å². The van der Waals surface area contributed by atoms with Gasteiger partial charge in [0.1, 0.15) is 27.7 Å². The van der Waals surface area contributed by atoms with Crippen LogP contribution in [0.15, 0.2) is 53.3 Å². The van der Waals surface area contributed by atoms with E-state index in [4.69, 9.17) is 5.73 Å². The van der Waals surface area contributed by atoms with Crippen LogP contribution in [0.3, 0.4) is 0 Å². The van der Waals surface area contributed by atoms with E-state index in [2.05, 4.69) is 21.2 Å².